The van der Waals surface area contributed by atoms with Crippen molar-refractivity contribution in [3.63, 3.8) is 0 Å². The molecule has 0 fully saturated rings. The fourth-order valence-electron chi connectivity index (χ4n) is 2.05. The summed E-state index contributed by atoms with van der Waals surface area (Å²) in [4.78, 5) is 1.38. The SMILES string of the molecule is CCCOc1ccccc1NC(C)c1sccc1C. The van der Waals surface area contributed by atoms with Gasteiger partial charge in [-0.1, -0.05) is 19.1 Å². The normalized spacial score (nSPS) is 12.2. The maximum absolute atomic E-state index is 5.78. The number of thiophene rings is 1. The summed E-state index contributed by atoms with van der Waals surface area (Å²) in [6.45, 7) is 7.22. The van der Waals surface area contributed by atoms with Gasteiger partial charge in [-0.15, -0.1) is 11.3 Å². The molecule has 0 spiro atoms. The van der Waals surface area contributed by atoms with E-state index in [9.17, 15) is 0 Å². The summed E-state index contributed by atoms with van der Waals surface area (Å²) in [5, 5.41) is 5.69. The second-order valence-electron chi connectivity index (χ2n) is 4.68. The van der Waals surface area contributed by atoms with E-state index >= 15 is 0 Å². The molecular weight excluding hydrogens is 254 g/mol. The van der Waals surface area contributed by atoms with E-state index in [0.29, 0.717) is 6.04 Å². The number of anilines is 1. The Balaban J connectivity index is 2.12. The van der Waals surface area contributed by atoms with Gasteiger partial charge < -0.3 is 10.1 Å². The van der Waals surface area contributed by atoms with Crippen LogP contribution in [-0.4, -0.2) is 6.61 Å². The topological polar surface area (TPSA) is 21.3 Å². The van der Waals surface area contributed by atoms with Crippen molar-refractivity contribution in [2.75, 3.05) is 11.9 Å². The maximum Gasteiger partial charge on any atom is 0.142 e. The third-order valence-electron chi connectivity index (χ3n) is 3.02. The van der Waals surface area contributed by atoms with Crippen molar-refractivity contribution in [3.8, 4) is 5.75 Å². The van der Waals surface area contributed by atoms with Gasteiger partial charge in [0.15, 0.2) is 0 Å². The molecule has 0 aliphatic heterocycles. The zero-order valence-corrected chi connectivity index (χ0v) is 12.6. The molecule has 2 aromatic rings. The Morgan fingerprint density at radius 3 is 2.74 bits per heavy atom. The van der Waals surface area contributed by atoms with Gasteiger partial charge in [0, 0.05) is 4.88 Å². The first-order valence-electron chi connectivity index (χ1n) is 6.74. The van der Waals surface area contributed by atoms with Gasteiger partial charge >= 0.3 is 0 Å². The lowest BCUT2D eigenvalue weighted by Gasteiger charge is -2.18. The molecule has 1 aromatic heterocycles. The molecule has 1 unspecified atom stereocenters. The van der Waals surface area contributed by atoms with Crippen LogP contribution in [0.3, 0.4) is 0 Å². The van der Waals surface area contributed by atoms with Crippen molar-refractivity contribution in [2.45, 2.75) is 33.2 Å². The summed E-state index contributed by atoms with van der Waals surface area (Å²) in [6.07, 6.45) is 1.02. The summed E-state index contributed by atoms with van der Waals surface area (Å²) >= 11 is 1.80. The van der Waals surface area contributed by atoms with Crippen molar-refractivity contribution in [1.29, 1.82) is 0 Å². The monoisotopic (exact) mass is 275 g/mol. The molecular formula is C16H21NOS. The van der Waals surface area contributed by atoms with Crippen LogP contribution in [0.4, 0.5) is 5.69 Å². The number of ether oxygens (including phenoxy) is 1. The number of para-hydroxylation sites is 2. The summed E-state index contributed by atoms with van der Waals surface area (Å²) in [5.41, 5.74) is 2.41. The van der Waals surface area contributed by atoms with Crippen LogP contribution < -0.4 is 10.1 Å². The zero-order valence-electron chi connectivity index (χ0n) is 11.8. The molecule has 0 radical (unpaired) electrons. The van der Waals surface area contributed by atoms with Gasteiger partial charge in [0.25, 0.3) is 0 Å². The Morgan fingerprint density at radius 1 is 1.26 bits per heavy atom. The number of hydrogen-bond acceptors (Lipinski definition) is 3. The lowest BCUT2D eigenvalue weighted by molar-refractivity contribution is 0.318. The first-order chi connectivity index (χ1) is 9.22. The van der Waals surface area contributed by atoms with Crippen LogP contribution in [0.1, 0.15) is 36.8 Å². The van der Waals surface area contributed by atoms with Crippen LogP contribution >= 0.6 is 11.3 Å². The number of nitrogens with one attached hydrogen (secondary N) is 1. The van der Waals surface area contributed by atoms with Gasteiger partial charge in [0.05, 0.1) is 18.3 Å². The predicted octanol–water partition coefficient (Wildman–Crippen LogP) is 5.02. The average Bonchev–Trinajstić information content (AvgIpc) is 2.84. The summed E-state index contributed by atoms with van der Waals surface area (Å²) in [5.74, 6) is 0.936. The molecule has 2 nitrogen and oxygen atoms in total. The van der Waals surface area contributed by atoms with Crippen molar-refractivity contribution in [1.82, 2.24) is 0 Å². The van der Waals surface area contributed by atoms with E-state index in [0.717, 1.165) is 24.5 Å². The van der Waals surface area contributed by atoms with Crippen molar-refractivity contribution < 1.29 is 4.74 Å². The molecule has 0 saturated heterocycles. The molecule has 0 bridgehead atoms. The first kappa shape index (κ1) is 13.9. The van der Waals surface area contributed by atoms with Crippen LogP contribution in [0.15, 0.2) is 35.7 Å². The van der Waals surface area contributed by atoms with Crippen molar-refractivity contribution in [2.24, 2.45) is 0 Å². The van der Waals surface area contributed by atoms with Gasteiger partial charge in [-0.2, -0.15) is 0 Å². The highest BCUT2D eigenvalue weighted by Gasteiger charge is 2.11. The summed E-state index contributed by atoms with van der Waals surface area (Å²) < 4.78 is 5.78. The number of benzene rings is 1. The lowest BCUT2D eigenvalue weighted by atomic mass is 10.2. The van der Waals surface area contributed by atoms with E-state index in [1.54, 1.807) is 11.3 Å². The van der Waals surface area contributed by atoms with Crippen LogP contribution in [0, 0.1) is 6.92 Å². The predicted molar refractivity (Wildman–Crippen MR) is 83.3 cm³/mol. The Kier molecular flexibility index (Phi) is 4.86. The van der Waals surface area contributed by atoms with Crippen molar-refractivity contribution in [3.05, 3.63) is 46.2 Å². The maximum atomic E-state index is 5.78. The van der Waals surface area contributed by atoms with Gasteiger partial charge in [0.2, 0.25) is 0 Å². The Labute approximate surface area is 119 Å². The fraction of sp³-hybridized carbons (Fsp3) is 0.375. The third kappa shape index (κ3) is 3.51. The van der Waals surface area contributed by atoms with Crippen LogP contribution in [0.5, 0.6) is 5.75 Å². The lowest BCUT2D eigenvalue weighted by Crippen LogP contribution is -2.08. The van der Waals surface area contributed by atoms with E-state index < -0.39 is 0 Å². The van der Waals surface area contributed by atoms with Crippen LogP contribution in [-0.2, 0) is 0 Å². The third-order valence-corrected chi connectivity index (χ3v) is 4.22. The molecule has 102 valence electrons. The highest BCUT2D eigenvalue weighted by molar-refractivity contribution is 7.10. The van der Waals surface area contributed by atoms with E-state index in [1.807, 2.05) is 18.2 Å². The summed E-state index contributed by atoms with van der Waals surface area (Å²) in [7, 11) is 0. The standard InChI is InChI=1S/C16H21NOS/c1-4-10-18-15-8-6-5-7-14(15)17-13(3)16-12(2)9-11-19-16/h5-9,11,13,17H,4,10H2,1-3H3. The highest BCUT2D eigenvalue weighted by atomic mass is 32.1. The number of aryl methyl sites for hydroxylation is 1. The van der Waals surface area contributed by atoms with E-state index in [1.165, 1.54) is 10.4 Å². The molecule has 1 N–H and O–H groups in total. The minimum absolute atomic E-state index is 0.298. The molecule has 0 amide bonds. The second-order valence-corrected chi connectivity index (χ2v) is 5.63. The van der Waals surface area contributed by atoms with E-state index in [4.69, 9.17) is 4.74 Å². The quantitative estimate of drug-likeness (QED) is 0.799. The average molecular weight is 275 g/mol. The fourth-order valence-corrected chi connectivity index (χ4v) is 2.99. The zero-order chi connectivity index (χ0) is 13.7. The second kappa shape index (κ2) is 6.62. The van der Waals surface area contributed by atoms with Gasteiger partial charge in [-0.05, 0) is 49.4 Å². The van der Waals surface area contributed by atoms with Crippen LogP contribution in [0.2, 0.25) is 0 Å². The molecule has 19 heavy (non-hydrogen) atoms. The molecule has 0 saturated carbocycles. The molecule has 0 aliphatic rings. The molecule has 0 aliphatic carbocycles. The number of hydrogen-bond donors (Lipinski definition) is 1. The minimum Gasteiger partial charge on any atom is -0.491 e. The molecule has 1 heterocycles. The van der Waals surface area contributed by atoms with Crippen molar-refractivity contribution >= 4 is 17.0 Å². The molecule has 1 atom stereocenters. The van der Waals surface area contributed by atoms with E-state index in [2.05, 4.69) is 43.6 Å². The summed E-state index contributed by atoms with van der Waals surface area (Å²) in [6, 6.07) is 10.6. The minimum atomic E-state index is 0.298. The Morgan fingerprint density at radius 2 is 2.05 bits per heavy atom. The van der Waals surface area contributed by atoms with E-state index in [-0.39, 0.29) is 0 Å². The smallest absolute Gasteiger partial charge is 0.142 e. The largest absolute Gasteiger partial charge is 0.491 e. The number of rotatable bonds is 6. The highest BCUT2D eigenvalue weighted by Crippen LogP contribution is 2.31. The molecule has 2 rings (SSSR count). The Bertz CT molecular complexity index is 521. The van der Waals surface area contributed by atoms with Gasteiger partial charge in [-0.25, -0.2) is 0 Å². The molecule has 3 heteroatoms. The first-order valence-corrected chi connectivity index (χ1v) is 7.62. The Hall–Kier alpha value is -1.48. The molecule has 1 aromatic carbocycles. The van der Waals surface area contributed by atoms with Gasteiger partial charge in [0.1, 0.15) is 5.75 Å². The van der Waals surface area contributed by atoms with Gasteiger partial charge in [-0.3, -0.25) is 0 Å². The van der Waals surface area contributed by atoms with Crippen LogP contribution in [0.25, 0.3) is 0 Å².